The van der Waals surface area contributed by atoms with Crippen molar-refractivity contribution in [1.82, 2.24) is 0 Å². The molecule has 1 saturated heterocycles. The van der Waals surface area contributed by atoms with Crippen molar-refractivity contribution in [2.75, 3.05) is 18.0 Å². The largest absolute Gasteiger partial charge is 0.459 e. The molecule has 1 heterocycles. The maximum absolute atomic E-state index is 13.3. The van der Waals surface area contributed by atoms with Gasteiger partial charge in [0.1, 0.15) is 6.61 Å². The van der Waals surface area contributed by atoms with Crippen molar-refractivity contribution >= 4 is 11.7 Å². The second-order valence-corrected chi connectivity index (χ2v) is 6.84. The zero-order valence-electron chi connectivity index (χ0n) is 15.0. The molecule has 6 heteroatoms. The molecule has 2 aromatic carbocycles. The number of benzene rings is 2. The number of hydrogen-bond donors (Lipinski definition) is 1. The third-order valence-corrected chi connectivity index (χ3v) is 4.67. The number of halogens is 2. The average molecular weight is 375 g/mol. The number of carbonyl (C=O) groups excluding carboxylic acids is 1. The Labute approximate surface area is 157 Å². The van der Waals surface area contributed by atoms with Crippen molar-refractivity contribution in [3.8, 4) is 0 Å². The first-order valence-corrected chi connectivity index (χ1v) is 9.03. The highest BCUT2D eigenvalue weighted by atomic mass is 19.3. The molecule has 27 heavy (non-hydrogen) atoms. The van der Waals surface area contributed by atoms with Gasteiger partial charge in [-0.25, -0.2) is 13.6 Å². The van der Waals surface area contributed by atoms with Crippen molar-refractivity contribution in [2.45, 2.75) is 37.9 Å². The van der Waals surface area contributed by atoms with Crippen LogP contribution in [0.3, 0.4) is 0 Å². The van der Waals surface area contributed by atoms with Crippen LogP contribution in [0, 0.1) is 0 Å². The summed E-state index contributed by atoms with van der Waals surface area (Å²) >= 11 is 0. The molecule has 0 spiro atoms. The summed E-state index contributed by atoms with van der Waals surface area (Å²) in [6.45, 7) is 0.225. The van der Waals surface area contributed by atoms with E-state index in [9.17, 15) is 18.7 Å². The molecule has 0 bridgehead atoms. The summed E-state index contributed by atoms with van der Waals surface area (Å²) in [4.78, 5) is 13.5. The zero-order valence-corrected chi connectivity index (χ0v) is 15.0. The molecule has 2 aromatic rings. The summed E-state index contributed by atoms with van der Waals surface area (Å²) < 4.78 is 31.7. The number of aliphatic hydroxyl groups excluding tert-OH is 1. The minimum absolute atomic E-state index is 0.119. The SMILES string of the molecule is O=C(OCc1ccccc1)[C@H](O)CCc1ccc(N2CCC(F)(F)C2)cc1. The van der Waals surface area contributed by atoms with Gasteiger partial charge in [0, 0.05) is 18.7 Å². The van der Waals surface area contributed by atoms with Gasteiger partial charge in [0.05, 0.1) is 6.54 Å². The summed E-state index contributed by atoms with van der Waals surface area (Å²) in [5, 5.41) is 9.98. The standard InChI is InChI=1S/C21H23F2NO3/c22-21(23)12-13-24(15-21)18-9-6-16(7-10-18)8-11-19(25)20(26)27-14-17-4-2-1-3-5-17/h1-7,9-10,19,25H,8,11-15H2/t19-/m1/s1. The third-order valence-electron chi connectivity index (χ3n) is 4.67. The van der Waals surface area contributed by atoms with Crippen LogP contribution >= 0.6 is 0 Å². The maximum Gasteiger partial charge on any atom is 0.335 e. The van der Waals surface area contributed by atoms with Gasteiger partial charge in [-0.3, -0.25) is 0 Å². The van der Waals surface area contributed by atoms with Crippen molar-refractivity contribution in [2.24, 2.45) is 0 Å². The topological polar surface area (TPSA) is 49.8 Å². The number of nitrogens with zero attached hydrogens (tertiary/aromatic N) is 1. The van der Waals surface area contributed by atoms with Gasteiger partial charge in [-0.15, -0.1) is 0 Å². The molecule has 0 radical (unpaired) electrons. The molecule has 1 aliphatic rings. The van der Waals surface area contributed by atoms with E-state index in [-0.39, 0.29) is 26.0 Å². The Morgan fingerprint density at radius 3 is 2.44 bits per heavy atom. The molecule has 1 N–H and O–H groups in total. The number of aryl methyl sites for hydroxylation is 1. The number of ether oxygens (including phenoxy) is 1. The van der Waals surface area contributed by atoms with Crippen LogP contribution in [0.15, 0.2) is 54.6 Å². The van der Waals surface area contributed by atoms with E-state index < -0.39 is 18.0 Å². The van der Waals surface area contributed by atoms with E-state index in [1.807, 2.05) is 42.5 Å². The monoisotopic (exact) mass is 375 g/mol. The molecule has 4 nitrogen and oxygen atoms in total. The molecular weight excluding hydrogens is 352 g/mol. The minimum atomic E-state index is -2.62. The minimum Gasteiger partial charge on any atom is -0.459 e. The summed E-state index contributed by atoms with van der Waals surface area (Å²) in [5.41, 5.74) is 2.56. The molecule has 1 atom stereocenters. The molecule has 0 amide bonds. The summed E-state index contributed by atoms with van der Waals surface area (Å²) in [6.07, 6.45) is -0.565. The lowest BCUT2D eigenvalue weighted by Crippen LogP contribution is -2.24. The molecule has 0 aliphatic carbocycles. The highest BCUT2D eigenvalue weighted by Crippen LogP contribution is 2.30. The predicted molar refractivity (Wildman–Crippen MR) is 98.8 cm³/mol. The fraction of sp³-hybridized carbons (Fsp3) is 0.381. The number of alkyl halides is 2. The van der Waals surface area contributed by atoms with E-state index in [4.69, 9.17) is 4.74 Å². The van der Waals surface area contributed by atoms with Crippen LogP contribution in [0.1, 0.15) is 24.0 Å². The number of esters is 1. The Hall–Kier alpha value is -2.47. The number of aliphatic hydroxyl groups is 1. The van der Waals surface area contributed by atoms with Crippen LogP contribution in [0.5, 0.6) is 0 Å². The molecule has 0 saturated carbocycles. The van der Waals surface area contributed by atoms with E-state index in [1.165, 1.54) is 0 Å². The Bertz CT molecular complexity index is 750. The van der Waals surface area contributed by atoms with Crippen molar-refractivity contribution < 1.29 is 23.4 Å². The maximum atomic E-state index is 13.3. The van der Waals surface area contributed by atoms with E-state index in [1.54, 1.807) is 17.0 Å². The Morgan fingerprint density at radius 2 is 1.81 bits per heavy atom. The first kappa shape index (κ1) is 19.3. The number of carbonyl (C=O) groups is 1. The molecule has 1 aliphatic heterocycles. The zero-order chi connectivity index (χ0) is 19.3. The molecule has 1 fully saturated rings. The molecule has 0 unspecified atom stereocenters. The quantitative estimate of drug-likeness (QED) is 0.752. The molecule has 3 rings (SSSR count). The van der Waals surface area contributed by atoms with Crippen molar-refractivity contribution in [3.05, 3.63) is 65.7 Å². The second-order valence-electron chi connectivity index (χ2n) is 6.84. The van der Waals surface area contributed by atoms with E-state index in [0.29, 0.717) is 13.0 Å². The van der Waals surface area contributed by atoms with Gasteiger partial charge >= 0.3 is 5.97 Å². The summed E-state index contributed by atoms with van der Waals surface area (Å²) in [5.74, 6) is -3.27. The fourth-order valence-corrected chi connectivity index (χ4v) is 3.08. The lowest BCUT2D eigenvalue weighted by Gasteiger charge is -2.18. The Morgan fingerprint density at radius 1 is 1.11 bits per heavy atom. The first-order chi connectivity index (χ1) is 12.9. The van der Waals surface area contributed by atoms with Crippen molar-refractivity contribution in [3.63, 3.8) is 0 Å². The van der Waals surface area contributed by atoms with Gasteiger partial charge in [0.2, 0.25) is 0 Å². The van der Waals surface area contributed by atoms with Gasteiger partial charge in [-0.1, -0.05) is 42.5 Å². The van der Waals surface area contributed by atoms with E-state index in [2.05, 4.69) is 0 Å². The van der Waals surface area contributed by atoms with Gasteiger partial charge in [-0.2, -0.15) is 0 Å². The highest BCUT2D eigenvalue weighted by Gasteiger charge is 2.38. The normalized spacial score (nSPS) is 16.9. The van der Waals surface area contributed by atoms with Crippen LogP contribution in [0.25, 0.3) is 0 Å². The number of hydrogen-bond acceptors (Lipinski definition) is 4. The Kier molecular flexibility index (Phi) is 6.06. The first-order valence-electron chi connectivity index (χ1n) is 9.03. The lowest BCUT2D eigenvalue weighted by molar-refractivity contribution is -0.155. The predicted octanol–water partition coefficient (Wildman–Crippen LogP) is 3.57. The number of rotatable bonds is 7. The number of anilines is 1. The van der Waals surface area contributed by atoms with Gasteiger partial charge < -0.3 is 14.7 Å². The van der Waals surface area contributed by atoms with Crippen molar-refractivity contribution in [1.29, 1.82) is 0 Å². The second kappa shape index (κ2) is 8.48. The van der Waals surface area contributed by atoms with Crippen LogP contribution < -0.4 is 4.90 Å². The van der Waals surface area contributed by atoms with E-state index in [0.717, 1.165) is 16.8 Å². The fourth-order valence-electron chi connectivity index (χ4n) is 3.08. The van der Waals surface area contributed by atoms with Gasteiger partial charge in [0.25, 0.3) is 5.92 Å². The molecule has 0 aromatic heterocycles. The Balaban J connectivity index is 1.44. The van der Waals surface area contributed by atoms with Crippen LogP contribution in [0.2, 0.25) is 0 Å². The van der Waals surface area contributed by atoms with Crippen LogP contribution in [-0.2, 0) is 22.6 Å². The van der Waals surface area contributed by atoms with E-state index >= 15 is 0 Å². The highest BCUT2D eigenvalue weighted by molar-refractivity contribution is 5.74. The average Bonchev–Trinajstić information content (AvgIpc) is 3.05. The molecule has 144 valence electrons. The third kappa shape index (κ3) is 5.50. The molecular formula is C21H23F2NO3. The van der Waals surface area contributed by atoms with Gasteiger partial charge in [0.15, 0.2) is 6.10 Å². The lowest BCUT2D eigenvalue weighted by atomic mass is 10.1. The summed E-state index contributed by atoms with van der Waals surface area (Å²) in [7, 11) is 0. The summed E-state index contributed by atoms with van der Waals surface area (Å²) in [6, 6.07) is 16.6. The van der Waals surface area contributed by atoms with Crippen LogP contribution in [0.4, 0.5) is 14.5 Å². The van der Waals surface area contributed by atoms with Crippen LogP contribution in [-0.4, -0.2) is 36.2 Å². The van der Waals surface area contributed by atoms with Gasteiger partial charge in [-0.05, 0) is 36.1 Å². The smallest absolute Gasteiger partial charge is 0.335 e.